The van der Waals surface area contributed by atoms with E-state index in [9.17, 15) is 9.18 Å². The number of pyridine rings is 1. The third-order valence-electron chi connectivity index (χ3n) is 5.67. The molecular weight excluding hydrogens is 321 g/mol. The van der Waals surface area contributed by atoms with Crippen molar-refractivity contribution in [1.82, 2.24) is 4.98 Å². The number of aromatic nitrogens is 1. The quantitative estimate of drug-likeness (QED) is 0.734. The third kappa shape index (κ3) is 2.66. The molecule has 2 fully saturated rings. The minimum atomic E-state index is -0.508. The molecule has 1 heterocycles. The number of carbonyl (C=O) groups is 1. The van der Waals surface area contributed by atoms with Crippen molar-refractivity contribution in [1.29, 1.82) is 0 Å². The number of carbonyl (C=O) groups excluding carboxylic acids is 1. The van der Waals surface area contributed by atoms with Gasteiger partial charge in [-0.25, -0.2) is 9.37 Å². The number of fused-ring (bicyclic) bond motifs is 1. The summed E-state index contributed by atoms with van der Waals surface area (Å²) < 4.78 is 14.5. The van der Waals surface area contributed by atoms with E-state index in [1.54, 1.807) is 25.3 Å². The maximum absolute atomic E-state index is 14.5. The number of hydrogen-bond donors (Lipinski definition) is 3. The largest absolute Gasteiger partial charge is 0.304 e. The third-order valence-corrected chi connectivity index (χ3v) is 5.67. The number of anilines is 2. The highest BCUT2D eigenvalue weighted by Crippen LogP contribution is 2.64. The Labute approximate surface area is 145 Å². The Kier molecular flexibility index (Phi) is 3.72. The minimum Gasteiger partial charge on any atom is -0.304 e. The van der Waals surface area contributed by atoms with Crippen LogP contribution in [0.3, 0.4) is 0 Å². The Morgan fingerprint density at radius 3 is 2.88 bits per heavy atom. The Morgan fingerprint density at radius 1 is 1.40 bits per heavy atom. The number of rotatable bonds is 4. The average molecular weight is 341 g/mol. The van der Waals surface area contributed by atoms with Gasteiger partial charge in [-0.05, 0) is 61.4 Å². The van der Waals surface area contributed by atoms with Crippen molar-refractivity contribution < 1.29 is 14.4 Å². The first-order valence-electron chi connectivity index (χ1n) is 8.51. The summed E-state index contributed by atoms with van der Waals surface area (Å²) in [4.78, 5) is 16.6. The molecule has 1 aromatic carbocycles. The normalized spacial score (nSPS) is 23.9. The van der Waals surface area contributed by atoms with Crippen molar-refractivity contribution in [3.63, 3.8) is 0 Å². The lowest BCUT2D eigenvalue weighted by Crippen LogP contribution is -2.17. The number of aryl methyl sites for hydroxylation is 1. The van der Waals surface area contributed by atoms with Crippen molar-refractivity contribution in [2.45, 2.75) is 38.0 Å². The van der Waals surface area contributed by atoms with E-state index in [1.807, 2.05) is 5.48 Å². The summed E-state index contributed by atoms with van der Waals surface area (Å²) in [5, 5.41) is 11.5. The number of amides is 1. The smallest absolute Gasteiger partial charge is 0.257 e. The van der Waals surface area contributed by atoms with Crippen LogP contribution >= 0.6 is 0 Å². The summed E-state index contributed by atoms with van der Waals surface area (Å²) in [6, 6.07) is 6.37. The summed E-state index contributed by atoms with van der Waals surface area (Å²) >= 11 is 0. The number of hydrogen-bond acceptors (Lipinski definition) is 4. The van der Waals surface area contributed by atoms with Crippen LogP contribution in [0, 0.1) is 18.7 Å². The molecule has 0 saturated heterocycles. The van der Waals surface area contributed by atoms with Crippen molar-refractivity contribution in [3.8, 4) is 0 Å². The maximum atomic E-state index is 14.5. The van der Waals surface area contributed by atoms with E-state index >= 15 is 0 Å². The second-order valence-electron chi connectivity index (χ2n) is 7.10. The Bertz CT molecular complexity index is 855. The highest BCUT2D eigenvalue weighted by Gasteiger charge is 2.57. The average Bonchev–Trinajstić information content (AvgIpc) is 3.18. The maximum Gasteiger partial charge on any atom is 0.257 e. The van der Waals surface area contributed by atoms with Gasteiger partial charge < -0.3 is 5.32 Å². The Morgan fingerprint density at radius 2 is 2.24 bits per heavy atom. The van der Waals surface area contributed by atoms with Crippen LogP contribution < -0.4 is 10.8 Å². The van der Waals surface area contributed by atoms with Crippen molar-refractivity contribution in [2.24, 2.45) is 5.92 Å². The van der Waals surface area contributed by atoms with E-state index in [0.717, 1.165) is 24.0 Å². The van der Waals surface area contributed by atoms with Crippen LogP contribution in [-0.2, 0) is 5.41 Å². The number of benzene rings is 1. The molecule has 0 spiro atoms. The van der Waals surface area contributed by atoms with Crippen LogP contribution in [0.15, 0.2) is 30.5 Å². The molecule has 25 heavy (non-hydrogen) atoms. The molecule has 1 aromatic heterocycles. The van der Waals surface area contributed by atoms with E-state index in [-0.39, 0.29) is 11.2 Å². The van der Waals surface area contributed by atoms with Crippen molar-refractivity contribution in [3.05, 3.63) is 53.0 Å². The molecule has 2 saturated carbocycles. The van der Waals surface area contributed by atoms with E-state index in [0.29, 0.717) is 17.2 Å². The number of halogens is 1. The summed E-state index contributed by atoms with van der Waals surface area (Å²) in [7, 11) is 0. The van der Waals surface area contributed by atoms with Crippen LogP contribution in [0.25, 0.3) is 0 Å². The van der Waals surface area contributed by atoms with E-state index in [4.69, 9.17) is 5.21 Å². The fourth-order valence-electron chi connectivity index (χ4n) is 4.14. The zero-order chi connectivity index (χ0) is 17.6. The molecule has 3 N–H and O–H groups in total. The summed E-state index contributed by atoms with van der Waals surface area (Å²) in [5.41, 5.74) is 4.55. The first-order valence-corrected chi connectivity index (χ1v) is 8.51. The SMILES string of the molecule is Cc1ccc(NO)cc1C(=O)Nc1ncc(C23CCCC2C3)cc1F. The Balaban J connectivity index is 1.56. The van der Waals surface area contributed by atoms with Gasteiger partial charge in [-0.1, -0.05) is 12.5 Å². The van der Waals surface area contributed by atoms with Crippen LogP contribution in [0.2, 0.25) is 0 Å². The molecule has 1 amide bonds. The first kappa shape index (κ1) is 16.0. The van der Waals surface area contributed by atoms with Gasteiger partial charge in [0.25, 0.3) is 5.91 Å². The van der Waals surface area contributed by atoms with Gasteiger partial charge in [-0.15, -0.1) is 0 Å². The van der Waals surface area contributed by atoms with Crippen molar-refractivity contribution in [2.75, 3.05) is 10.8 Å². The summed E-state index contributed by atoms with van der Waals surface area (Å²) in [6.45, 7) is 1.77. The predicted octanol–water partition coefficient (Wildman–Crippen LogP) is 4.02. The lowest BCUT2D eigenvalue weighted by Gasteiger charge is -2.14. The van der Waals surface area contributed by atoms with Gasteiger partial charge in [0.1, 0.15) is 0 Å². The van der Waals surface area contributed by atoms with E-state index in [2.05, 4.69) is 10.3 Å². The topological polar surface area (TPSA) is 74.2 Å². The van der Waals surface area contributed by atoms with Crippen molar-refractivity contribution >= 4 is 17.4 Å². The summed E-state index contributed by atoms with van der Waals surface area (Å²) in [6.07, 6.45) is 6.33. The lowest BCUT2D eigenvalue weighted by molar-refractivity contribution is 0.102. The van der Waals surface area contributed by atoms with Gasteiger partial charge >= 0.3 is 0 Å². The molecule has 6 heteroatoms. The van der Waals surface area contributed by atoms with Crippen LogP contribution in [0.5, 0.6) is 0 Å². The van der Waals surface area contributed by atoms with Gasteiger partial charge in [0, 0.05) is 17.2 Å². The highest BCUT2D eigenvalue weighted by molar-refractivity contribution is 6.05. The van der Waals surface area contributed by atoms with Crippen LogP contribution in [0.4, 0.5) is 15.9 Å². The Hall–Kier alpha value is -2.47. The van der Waals surface area contributed by atoms with Gasteiger partial charge in [-0.3, -0.25) is 15.5 Å². The molecule has 130 valence electrons. The minimum absolute atomic E-state index is 0.0675. The molecule has 2 aliphatic carbocycles. The molecule has 4 rings (SSSR count). The monoisotopic (exact) mass is 341 g/mol. The molecule has 0 bridgehead atoms. The highest BCUT2D eigenvalue weighted by atomic mass is 19.1. The molecule has 2 aromatic rings. The molecule has 2 atom stereocenters. The number of nitrogens with one attached hydrogen (secondary N) is 2. The second-order valence-corrected chi connectivity index (χ2v) is 7.10. The fraction of sp³-hybridized carbons (Fsp3) is 0.368. The van der Waals surface area contributed by atoms with E-state index in [1.165, 1.54) is 25.0 Å². The predicted molar refractivity (Wildman–Crippen MR) is 92.4 cm³/mol. The molecule has 0 aliphatic heterocycles. The van der Waals surface area contributed by atoms with Gasteiger partial charge in [0.15, 0.2) is 11.6 Å². The van der Waals surface area contributed by atoms with E-state index < -0.39 is 11.7 Å². The molecule has 5 nitrogen and oxygen atoms in total. The zero-order valence-electron chi connectivity index (χ0n) is 14.0. The summed E-state index contributed by atoms with van der Waals surface area (Å²) in [5.74, 6) is -0.364. The molecular formula is C19H20FN3O2. The molecule has 0 radical (unpaired) electrons. The standard InChI is InChI=1S/C19H20FN3O2/c1-11-4-5-14(23-25)8-15(11)18(24)22-17-16(20)7-13(10-21-17)19-6-2-3-12(19)9-19/h4-5,7-8,10,12,23,25H,2-3,6,9H2,1H3,(H,21,22,24). The van der Waals surface area contributed by atoms with Gasteiger partial charge in [0.05, 0.1) is 5.69 Å². The number of nitrogens with zero attached hydrogens (tertiary/aromatic N) is 1. The molecule has 2 unspecified atom stereocenters. The molecule has 2 aliphatic rings. The zero-order valence-corrected chi connectivity index (χ0v) is 14.0. The second kappa shape index (κ2) is 5.81. The van der Waals surface area contributed by atoms with Crippen LogP contribution in [-0.4, -0.2) is 16.1 Å². The van der Waals surface area contributed by atoms with Gasteiger partial charge in [0.2, 0.25) is 0 Å². The fourth-order valence-corrected chi connectivity index (χ4v) is 4.14. The lowest BCUT2D eigenvalue weighted by atomic mass is 9.95. The van der Waals surface area contributed by atoms with Gasteiger partial charge in [-0.2, -0.15) is 0 Å². The van der Waals surface area contributed by atoms with Crippen LogP contribution in [0.1, 0.15) is 47.2 Å². The first-order chi connectivity index (χ1) is 12.0.